The van der Waals surface area contributed by atoms with E-state index in [0.29, 0.717) is 6.54 Å². The second-order valence-corrected chi connectivity index (χ2v) is 4.29. The Kier molecular flexibility index (Phi) is 3.98. The van der Waals surface area contributed by atoms with Crippen molar-refractivity contribution in [2.24, 2.45) is 0 Å². The molecular weight excluding hydrogens is 214 g/mol. The van der Waals surface area contributed by atoms with Crippen LogP contribution >= 0.6 is 0 Å². The quantitative estimate of drug-likeness (QED) is 0.746. The molecule has 0 saturated carbocycles. The second-order valence-electron chi connectivity index (χ2n) is 4.29. The summed E-state index contributed by atoms with van der Waals surface area (Å²) in [5.41, 5.74) is 3.52. The molecule has 1 aromatic carbocycles. The number of carbonyl (C=O) groups is 1. The van der Waals surface area contributed by atoms with E-state index in [4.69, 9.17) is 0 Å². The van der Waals surface area contributed by atoms with Gasteiger partial charge >= 0.3 is 6.03 Å². The molecule has 0 bridgehead atoms. The molecule has 0 saturated heterocycles. The van der Waals surface area contributed by atoms with Gasteiger partial charge in [-0.1, -0.05) is 13.0 Å². The Morgan fingerprint density at radius 2 is 2.29 bits per heavy atom. The fourth-order valence-corrected chi connectivity index (χ4v) is 1.97. The summed E-state index contributed by atoms with van der Waals surface area (Å²) in [7, 11) is 0. The van der Waals surface area contributed by atoms with Gasteiger partial charge in [0.2, 0.25) is 0 Å². The molecule has 0 atom stereocenters. The van der Waals surface area contributed by atoms with Gasteiger partial charge < -0.3 is 16.0 Å². The van der Waals surface area contributed by atoms with Gasteiger partial charge in [-0.2, -0.15) is 0 Å². The van der Waals surface area contributed by atoms with Crippen molar-refractivity contribution in [1.29, 1.82) is 0 Å². The number of hydrogen-bond donors (Lipinski definition) is 3. The van der Waals surface area contributed by atoms with E-state index in [0.717, 1.165) is 31.6 Å². The lowest BCUT2D eigenvalue weighted by Crippen LogP contribution is -2.29. The van der Waals surface area contributed by atoms with Crippen molar-refractivity contribution in [3.63, 3.8) is 0 Å². The third-order valence-electron chi connectivity index (χ3n) is 2.89. The first-order chi connectivity index (χ1) is 8.29. The summed E-state index contributed by atoms with van der Waals surface area (Å²) >= 11 is 0. The molecule has 92 valence electrons. The van der Waals surface area contributed by atoms with Crippen molar-refractivity contribution < 1.29 is 4.79 Å². The van der Waals surface area contributed by atoms with Crippen LogP contribution in [0.1, 0.15) is 24.5 Å². The van der Waals surface area contributed by atoms with Crippen molar-refractivity contribution in [3.05, 3.63) is 29.3 Å². The van der Waals surface area contributed by atoms with Crippen molar-refractivity contribution >= 4 is 11.7 Å². The Morgan fingerprint density at radius 1 is 1.41 bits per heavy atom. The van der Waals surface area contributed by atoms with Crippen LogP contribution in [-0.4, -0.2) is 19.1 Å². The van der Waals surface area contributed by atoms with Crippen molar-refractivity contribution in [2.45, 2.75) is 26.3 Å². The first-order valence-corrected chi connectivity index (χ1v) is 6.17. The summed E-state index contributed by atoms with van der Waals surface area (Å²) < 4.78 is 0. The van der Waals surface area contributed by atoms with Crippen LogP contribution in [0.3, 0.4) is 0 Å². The average Bonchev–Trinajstić information content (AvgIpc) is 2.36. The maximum atomic E-state index is 11.5. The first-order valence-electron chi connectivity index (χ1n) is 6.17. The Balaban J connectivity index is 1.99. The molecule has 0 spiro atoms. The average molecular weight is 233 g/mol. The van der Waals surface area contributed by atoms with E-state index in [1.165, 1.54) is 11.1 Å². The molecule has 1 aliphatic heterocycles. The molecule has 4 heteroatoms. The van der Waals surface area contributed by atoms with Gasteiger partial charge in [0.15, 0.2) is 0 Å². The molecule has 0 fully saturated rings. The third-order valence-corrected chi connectivity index (χ3v) is 2.89. The van der Waals surface area contributed by atoms with Crippen LogP contribution < -0.4 is 16.0 Å². The largest absolute Gasteiger partial charge is 0.338 e. The Labute approximate surface area is 102 Å². The van der Waals surface area contributed by atoms with Gasteiger partial charge in [0, 0.05) is 18.8 Å². The van der Waals surface area contributed by atoms with Gasteiger partial charge in [-0.05, 0) is 42.6 Å². The number of rotatable bonds is 3. The van der Waals surface area contributed by atoms with Gasteiger partial charge in [0.25, 0.3) is 0 Å². The third kappa shape index (κ3) is 3.20. The van der Waals surface area contributed by atoms with E-state index >= 15 is 0 Å². The van der Waals surface area contributed by atoms with Gasteiger partial charge in [0.05, 0.1) is 0 Å². The highest BCUT2D eigenvalue weighted by Crippen LogP contribution is 2.18. The number of anilines is 1. The monoisotopic (exact) mass is 233 g/mol. The molecule has 3 N–H and O–H groups in total. The van der Waals surface area contributed by atoms with Crippen molar-refractivity contribution in [2.75, 3.05) is 18.4 Å². The molecule has 2 rings (SSSR count). The highest BCUT2D eigenvalue weighted by Gasteiger charge is 2.09. The van der Waals surface area contributed by atoms with Crippen molar-refractivity contribution in [1.82, 2.24) is 10.6 Å². The second kappa shape index (κ2) is 5.68. The van der Waals surface area contributed by atoms with E-state index < -0.39 is 0 Å². The summed E-state index contributed by atoms with van der Waals surface area (Å²) in [6, 6.07) is 5.99. The van der Waals surface area contributed by atoms with Crippen LogP contribution in [0.4, 0.5) is 10.5 Å². The van der Waals surface area contributed by atoms with Crippen LogP contribution in [0.2, 0.25) is 0 Å². The molecule has 4 nitrogen and oxygen atoms in total. The van der Waals surface area contributed by atoms with Gasteiger partial charge in [-0.15, -0.1) is 0 Å². The fraction of sp³-hybridized carbons (Fsp3) is 0.462. The number of carbonyl (C=O) groups excluding carboxylic acids is 1. The van der Waals surface area contributed by atoms with Crippen LogP contribution in [0.5, 0.6) is 0 Å². The predicted molar refractivity (Wildman–Crippen MR) is 69.2 cm³/mol. The lowest BCUT2D eigenvalue weighted by molar-refractivity contribution is 0.252. The lowest BCUT2D eigenvalue weighted by Gasteiger charge is -2.18. The van der Waals surface area contributed by atoms with E-state index in [1.54, 1.807) is 0 Å². The molecule has 1 aliphatic rings. The summed E-state index contributed by atoms with van der Waals surface area (Å²) in [6.07, 6.45) is 2.01. The molecule has 1 aromatic rings. The van der Waals surface area contributed by atoms with Crippen molar-refractivity contribution in [3.8, 4) is 0 Å². The minimum absolute atomic E-state index is 0.129. The summed E-state index contributed by atoms with van der Waals surface area (Å²) in [5, 5.41) is 8.97. The molecule has 0 aliphatic carbocycles. The van der Waals surface area contributed by atoms with E-state index in [2.05, 4.69) is 22.0 Å². The van der Waals surface area contributed by atoms with Gasteiger partial charge in [-0.25, -0.2) is 4.79 Å². The summed E-state index contributed by atoms with van der Waals surface area (Å²) in [5.74, 6) is 0. The number of amides is 2. The fourth-order valence-electron chi connectivity index (χ4n) is 1.97. The zero-order chi connectivity index (χ0) is 12.1. The minimum atomic E-state index is -0.129. The zero-order valence-corrected chi connectivity index (χ0v) is 10.2. The van der Waals surface area contributed by atoms with E-state index in [-0.39, 0.29) is 6.03 Å². The number of fused-ring (bicyclic) bond motifs is 1. The Bertz CT molecular complexity index is 404. The molecule has 0 unspecified atom stereocenters. The zero-order valence-electron chi connectivity index (χ0n) is 10.2. The van der Waals surface area contributed by atoms with Gasteiger partial charge in [0.1, 0.15) is 0 Å². The molecular formula is C13H19N3O. The summed E-state index contributed by atoms with van der Waals surface area (Å²) in [4.78, 5) is 11.5. The minimum Gasteiger partial charge on any atom is -0.338 e. The van der Waals surface area contributed by atoms with Crippen LogP contribution in [0.15, 0.2) is 18.2 Å². The lowest BCUT2D eigenvalue weighted by atomic mass is 10.0. The smallest absolute Gasteiger partial charge is 0.319 e. The maximum Gasteiger partial charge on any atom is 0.319 e. The SMILES string of the molecule is CCCNC(=O)Nc1ccc2c(c1)CNCC2. The molecule has 0 aromatic heterocycles. The maximum absolute atomic E-state index is 11.5. The van der Waals surface area contributed by atoms with Crippen LogP contribution in [0.25, 0.3) is 0 Å². The topological polar surface area (TPSA) is 53.2 Å². The number of benzene rings is 1. The van der Waals surface area contributed by atoms with Crippen LogP contribution in [-0.2, 0) is 13.0 Å². The normalized spacial score (nSPS) is 13.9. The Hall–Kier alpha value is -1.55. The first kappa shape index (κ1) is 11.9. The highest BCUT2D eigenvalue weighted by atomic mass is 16.2. The predicted octanol–water partition coefficient (Wildman–Crippen LogP) is 1.86. The number of nitrogens with one attached hydrogen (secondary N) is 3. The molecule has 1 heterocycles. The standard InChI is InChI=1S/C13H19N3O/c1-2-6-15-13(17)16-12-4-3-10-5-7-14-9-11(10)8-12/h3-4,8,14H,2,5-7,9H2,1H3,(H2,15,16,17). The summed E-state index contributed by atoms with van der Waals surface area (Å²) in [6.45, 7) is 4.67. The number of urea groups is 1. The van der Waals surface area contributed by atoms with E-state index in [1.807, 2.05) is 19.1 Å². The Morgan fingerprint density at radius 3 is 3.12 bits per heavy atom. The molecule has 2 amide bonds. The highest BCUT2D eigenvalue weighted by molar-refractivity contribution is 5.89. The van der Waals surface area contributed by atoms with Gasteiger partial charge in [-0.3, -0.25) is 0 Å². The van der Waals surface area contributed by atoms with E-state index in [9.17, 15) is 4.79 Å². The molecule has 0 radical (unpaired) electrons. The molecule has 17 heavy (non-hydrogen) atoms. The van der Waals surface area contributed by atoms with Crippen LogP contribution in [0, 0.1) is 0 Å². The number of hydrogen-bond acceptors (Lipinski definition) is 2.